The SMILES string of the molecule is C/C(=N\NC(N)=O)c1cccs1.c1cc[c]([Sb][c]2ccccc2)cc1. The second-order valence-electron chi connectivity index (χ2n) is 4.93. The molecule has 127 valence electrons. The molecular formula is C19H19N3OSSb. The van der Waals surface area contributed by atoms with Gasteiger partial charge in [0.15, 0.2) is 0 Å². The number of thiophene rings is 1. The first kappa shape index (κ1) is 19.2. The van der Waals surface area contributed by atoms with Gasteiger partial charge >= 0.3 is 95.3 Å². The van der Waals surface area contributed by atoms with Crippen LogP contribution in [-0.4, -0.2) is 33.4 Å². The van der Waals surface area contributed by atoms with Crippen molar-refractivity contribution in [1.82, 2.24) is 5.43 Å². The average Bonchev–Trinajstić information content (AvgIpc) is 3.17. The fraction of sp³-hybridized carbons (Fsp3) is 0.0526. The van der Waals surface area contributed by atoms with Gasteiger partial charge < -0.3 is 5.73 Å². The van der Waals surface area contributed by atoms with Gasteiger partial charge in [-0.2, -0.15) is 5.10 Å². The van der Waals surface area contributed by atoms with Gasteiger partial charge in [0, 0.05) is 4.88 Å². The summed E-state index contributed by atoms with van der Waals surface area (Å²) in [6.07, 6.45) is 0. The van der Waals surface area contributed by atoms with E-state index in [-0.39, 0.29) is 21.6 Å². The first-order chi connectivity index (χ1) is 12.1. The number of nitrogens with zero attached hydrogens (tertiary/aromatic N) is 1. The van der Waals surface area contributed by atoms with Crippen molar-refractivity contribution >= 4 is 51.7 Å². The van der Waals surface area contributed by atoms with Gasteiger partial charge in [-0.25, -0.2) is 10.2 Å². The van der Waals surface area contributed by atoms with Gasteiger partial charge in [0.2, 0.25) is 0 Å². The molecule has 1 radical (unpaired) electrons. The van der Waals surface area contributed by atoms with Crippen molar-refractivity contribution in [2.24, 2.45) is 10.8 Å². The van der Waals surface area contributed by atoms with Crippen LogP contribution in [0.5, 0.6) is 0 Å². The van der Waals surface area contributed by atoms with E-state index in [0.29, 0.717) is 0 Å². The Hall–Kier alpha value is -2.10. The number of amides is 2. The van der Waals surface area contributed by atoms with E-state index in [0.717, 1.165) is 10.6 Å². The molecule has 0 bridgehead atoms. The van der Waals surface area contributed by atoms with Gasteiger partial charge in [-0.15, -0.1) is 11.3 Å². The van der Waals surface area contributed by atoms with Crippen LogP contribution in [0.15, 0.2) is 83.3 Å². The van der Waals surface area contributed by atoms with Gasteiger partial charge in [0.05, 0.1) is 5.71 Å². The summed E-state index contributed by atoms with van der Waals surface area (Å²) < 4.78 is 3.04. The van der Waals surface area contributed by atoms with E-state index < -0.39 is 6.03 Å². The quantitative estimate of drug-likeness (QED) is 0.352. The number of hydrogen-bond donors (Lipinski definition) is 2. The van der Waals surface area contributed by atoms with E-state index >= 15 is 0 Å². The number of urea groups is 1. The van der Waals surface area contributed by atoms with E-state index in [1.54, 1.807) is 11.3 Å². The molecular weight excluding hydrogens is 440 g/mol. The Labute approximate surface area is 162 Å². The summed E-state index contributed by atoms with van der Waals surface area (Å²) in [5, 5.41) is 5.71. The normalized spacial score (nSPS) is 10.5. The summed E-state index contributed by atoms with van der Waals surface area (Å²) in [4.78, 5) is 11.3. The van der Waals surface area contributed by atoms with Crippen molar-refractivity contribution in [2.45, 2.75) is 6.92 Å². The molecule has 0 unspecified atom stereocenters. The van der Waals surface area contributed by atoms with Crippen LogP contribution in [0.1, 0.15) is 11.8 Å². The molecule has 0 aliphatic rings. The number of nitrogens with one attached hydrogen (secondary N) is 1. The third-order valence-electron chi connectivity index (χ3n) is 2.98. The average molecular weight is 459 g/mol. The molecule has 4 nitrogen and oxygen atoms in total. The Morgan fingerprint density at radius 3 is 1.96 bits per heavy atom. The predicted molar refractivity (Wildman–Crippen MR) is 107 cm³/mol. The second-order valence-corrected chi connectivity index (χ2v) is 9.47. The fourth-order valence-electron chi connectivity index (χ4n) is 1.83. The fourth-order valence-corrected chi connectivity index (χ4v) is 5.19. The van der Waals surface area contributed by atoms with Crippen LogP contribution in [0.2, 0.25) is 0 Å². The first-order valence-corrected chi connectivity index (χ1v) is 11.0. The van der Waals surface area contributed by atoms with Crippen LogP contribution in [0.25, 0.3) is 0 Å². The Kier molecular flexibility index (Phi) is 8.23. The molecule has 6 heteroatoms. The summed E-state index contributed by atoms with van der Waals surface area (Å²) in [7, 11) is 0. The van der Waals surface area contributed by atoms with E-state index in [1.165, 1.54) is 7.02 Å². The molecule has 0 aliphatic heterocycles. The number of rotatable bonds is 4. The number of hydrogen-bond acceptors (Lipinski definition) is 3. The van der Waals surface area contributed by atoms with Crippen LogP contribution in [0.4, 0.5) is 4.79 Å². The predicted octanol–water partition coefficient (Wildman–Crippen LogP) is 2.48. The van der Waals surface area contributed by atoms with Gasteiger partial charge in [0.1, 0.15) is 0 Å². The topological polar surface area (TPSA) is 67.5 Å². The van der Waals surface area contributed by atoms with Gasteiger partial charge in [0.25, 0.3) is 0 Å². The number of carbonyl (C=O) groups is 1. The molecule has 25 heavy (non-hydrogen) atoms. The third kappa shape index (κ3) is 7.55. The molecule has 0 aliphatic carbocycles. The molecule has 3 aromatic rings. The third-order valence-corrected chi connectivity index (χ3v) is 7.14. The van der Waals surface area contributed by atoms with Crippen LogP contribution in [0, 0.1) is 0 Å². The van der Waals surface area contributed by atoms with Gasteiger partial charge in [-0.3, -0.25) is 0 Å². The molecule has 1 heterocycles. The maximum absolute atomic E-state index is 10.3. The number of primary amides is 1. The van der Waals surface area contributed by atoms with Crippen LogP contribution < -0.4 is 18.2 Å². The molecule has 0 atom stereocenters. The van der Waals surface area contributed by atoms with E-state index in [4.69, 9.17) is 5.73 Å². The summed E-state index contributed by atoms with van der Waals surface area (Å²) in [5.41, 5.74) is 7.76. The number of nitrogens with two attached hydrogens (primary N) is 1. The van der Waals surface area contributed by atoms with Crippen LogP contribution in [0.3, 0.4) is 0 Å². The van der Waals surface area contributed by atoms with Gasteiger partial charge in [-0.05, 0) is 18.4 Å². The summed E-state index contributed by atoms with van der Waals surface area (Å²) in [5.74, 6) is 0. The molecule has 0 fully saturated rings. The first-order valence-electron chi connectivity index (χ1n) is 7.60. The Morgan fingerprint density at radius 1 is 0.960 bits per heavy atom. The van der Waals surface area contributed by atoms with Crippen molar-refractivity contribution in [3.8, 4) is 0 Å². The zero-order valence-corrected chi connectivity index (χ0v) is 17.2. The summed E-state index contributed by atoms with van der Waals surface area (Å²) in [6.45, 7) is 1.81. The number of carbonyl (C=O) groups excluding carboxylic acids is 1. The molecule has 3 rings (SSSR count). The standard InChI is InChI=1S/C7H9N3OS.2C6H5.Sb/c1-5(9-10-7(8)11)6-3-2-4-12-6;2*1-2-4-6-5-3-1;/h2-4H,1H3,(H3,8,10,11);2*1-5H;/b9-5+;;;. The van der Waals surface area contributed by atoms with Crippen LogP contribution >= 0.6 is 11.3 Å². The van der Waals surface area contributed by atoms with E-state index in [9.17, 15) is 4.79 Å². The molecule has 3 N–H and O–H groups in total. The Morgan fingerprint density at radius 2 is 1.52 bits per heavy atom. The zero-order valence-electron chi connectivity index (χ0n) is 13.8. The van der Waals surface area contributed by atoms with E-state index in [1.807, 2.05) is 24.4 Å². The second kappa shape index (κ2) is 10.7. The summed E-state index contributed by atoms with van der Waals surface area (Å²) in [6, 6.07) is 24.7. The number of benzene rings is 2. The molecule has 0 saturated carbocycles. The Balaban J connectivity index is 0.000000181. The minimum atomic E-state index is -0.647. The van der Waals surface area contributed by atoms with Crippen molar-refractivity contribution in [3.05, 3.63) is 83.1 Å². The molecule has 1 aromatic heterocycles. The van der Waals surface area contributed by atoms with Crippen molar-refractivity contribution in [1.29, 1.82) is 0 Å². The van der Waals surface area contributed by atoms with Crippen molar-refractivity contribution in [3.63, 3.8) is 0 Å². The van der Waals surface area contributed by atoms with Gasteiger partial charge in [-0.1, -0.05) is 6.07 Å². The molecule has 0 spiro atoms. The summed E-state index contributed by atoms with van der Waals surface area (Å²) >= 11 is 1.22. The Bertz CT molecular complexity index is 753. The van der Waals surface area contributed by atoms with Crippen molar-refractivity contribution in [2.75, 3.05) is 0 Å². The van der Waals surface area contributed by atoms with Crippen LogP contribution in [-0.2, 0) is 0 Å². The minimum absolute atomic E-state index is 0.335. The molecule has 2 aromatic carbocycles. The van der Waals surface area contributed by atoms with E-state index in [2.05, 4.69) is 71.2 Å². The zero-order chi connectivity index (χ0) is 17.9. The monoisotopic (exact) mass is 458 g/mol. The number of hydrazone groups is 1. The molecule has 0 saturated heterocycles. The molecule has 2 amide bonds. The van der Waals surface area contributed by atoms with Crippen molar-refractivity contribution < 1.29 is 4.79 Å². The maximum atomic E-state index is 10.3.